The minimum atomic E-state index is -3.70. The molecule has 0 amide bonds. The van der Waals surface area contributed by atoms with Gasteiger partial charge in [0.25, 0.3) is 5.56 Å². The van der Waals surface area contributed by atoms with Crippen LogP contribution in [0.1, 0.15) is 6.92 Å². The van der Waals surface area contributed by atoms with Crippen LogP contribution in [0.4, 0.5) is 0 Å². The van der Waals surface area contributed by atoms with E-state index in [-0.39, 0.29) is 23.5 Å². The van der Waals surface area contributed by atoms with E-state index in [1.807, 2.05) is 6.92 Å². The predicted octanol–water partition coefficient (Wildman–Crippen LogP) is 1.88. The molecular formula is C18H19N3O5S. The highest BCUT2D eigenvalue weighted by atomic mass is 32.2. The molecule has 2 heterocycles. The topological polar surface area (TPSA) is 103 Å². The molecular weight excluding hydrogens is 370 g/mol. The van der Waals surface area contributed by atoms with Gasteiger partial charge in [-0.1, -0.05) is 0 Å². The van der Waals surface area contributed by atoms with Crippen LogP contribution in [-0.4, -0.2) is 31.3 Å². The van der Waals surface area contributed by atoms with Crippen LogP contribution in [0.25, 0.3) is 11.5 Å². The lowest BCUT2D eigenvalue weighted by Gasteiger charge is -2.09. The lowest BCUT2D eigenvalue weighted by Crippen LogP contribution is -2.32. The van der Waals surface area contributed by atoms with E-state index in [2.05, 4.69) is 9.82 Å². The van der Waals surface area contributed by atoms with Gasteiger partial charge in [-0.05, 0) is 49.4 Å². The first kappa shape index (κ1) is 18.9. The number of hydrogen-bond acceptors (Lipinski definition) is 6. The molecule has 0 spiro atoms. The van der Waals surface area contributed by atoms with Gasteiger partial charge in [-0.15, -0.1) is 0 Å². The SMILES string of the molecule is CCOc1ccc(S(=O)(=O)NCCn2nc(-c3ccco3)ccc2=O)cc1. The first-order valence-corrected chi connectivity index (χ1v) is 9.82. The highest BCUT2D eigenvalue weighted by molar-refractivity contribution is 7.89. The maximum Gasteiger partial charge on any atom is 0.266 e. The van der Waals surface area contributed by atoms with Crippen molar-refractivity contribution in [3.05, 3.63) is 65.1 Å². The van der Waals surface area contributed by atoms with E-state index in [1.165, 1.54) is 29.1 Å². The van der Waals surface area contributed by atoms with E-state index in [9.17, 15) is 13.2 Å². The van der Waals surface area contributed by atoms with Crippen molar-refractivity contribution in [2.75, 3.05) is 13.2 Å². The van der Waals surface area contributed by atoms with Gasteiger partial charge in [0.15, 0.2) is 5.76 Å². The second kappa shape index (κ2) is 8.19. The Morgan fingerprint density at radius 2 is 1.93 bits per heavy atom. The van der Waals surface area contributed by atoms with E-state index < -0.39 is 10.0 Å². The van der Waals surface area contributed by atoms with Gasteiger partial charge in [-0.25, -0.2) is 17.8 Å². The highest BCUT2D eigenvalue weighted by Crippen LogP contribution is 2.16. The first-order valence-electron chi connectivity index (χ1n) is 8.34. The molecule has 0 unspecified atom stereocenters. The zero-order valence-corrected chi connectivity index (χ0v) is 15.5. The minimum Gasteiger partial charge on any atom is -0.494 e. The summed E-state index contributed by atoms with van der Waals surface area (Å²) in [7, 11) is -3.70. The second-order valence-corrected chi connectivity index (χ2v) is 7.33. The Hall–Kier alpha value is -2.91. The first-order chi connectivity index (χ1) is 13.0. The van der Waals surface area contributed by atoms with Crippen molar-refractivity contribution in [1.29, 1.82) is 0 Å². The summed E-state index contributed by atoms with van der Waals surface area (Å²) in [4.78, 5) is 12.1. The molecule has 2 aromatic heterocycles. The standard InChI is InChI=1S/C18H19N3O5S/c1-2-25-14-5-7-15(8-6-14)27(23,24)19-11-12-21-18(22)10-9-16(20-21)17-4-3-13-26-17/h3-10,13,19H,2,11-12H2,1H3. The highest BCUT2D eigenvalue weighted by Gasteiger charge is 2.14. The Labute approximate surface area is 156 Å². The maximum atomic E-state index is 12.4. The molecule has 8 nitrogen and oxygen atoms in total. The van der Waals surface area contributed by atoms with Gasteiger partial charge < -0.3 is 9.15 Å². The van der Waals surface area contributed by atoms with E-state index in [4.69, 9.17) is 9.15 Å². The van der Waals surface area contributed by atoms with E-state index >= 15 is 0 Å². The van der Waals surface area contributed by atoms with Crippen LogP contribution in [0.15, 0.2) is 68.9 Å². The number of hydrogen-bond donors (Lipinski definition) is 1. The van der Waals surface area contributed by atoms with E-state index in [0.717, 1.165) is 0 Å². The quantitative estimate of drug-likeness (QED) is 0.631. The summed E-state index contributed by atoms with van der Waals surface area (Å²) >= 11 is 0. The Morgan fingerprint density at radius 1 is 1.15 bits per heavy atom. The molecule has 0 saturated heterocycles. The summed E-state index contributed by atoms with van der Waals surface area (Å²) in [6.07, 6.45) is 1.51. The van der Waals surface area contributed by atoms with Crippen molar-refractivity contribution in [3.8, 4) is 17.2 Å². The van der Waals surface area contributed by atoms with Gasteiger partial charge in [0.2, 0.25) is 10.0 Å². The number of benzene rings is 1. The molecule has 9 heteroatoms. The van der Waals surface area contributed by atoms with Crippen LogP contribution in [0.5, 0.6) is 5.75 Å². The zero-order valence-electron chi connectivity index (χ0n) is 14.7. The molecule has 0 atom stereocenters. The summed E-state index contributed by atoms with van der Waals surface area (Å²) in [5.41, 5.74) is 0.166. The van der Waals surface area contributed by atoms with Crippen LogP contribution in [0, 0.1) is 0 Å². The number of rotatable bonds is 8. The lowest BCUT2D eigenvalue weighted by atomic mass is 10.3. The van der Waals surface area contributed by atoms with Gasteiger partial charge in [0, 0.05) is 12.6 Å². The summed E-state index contributed by atoms with van der Waals surface area (Å²) in [5, 5.41) is 4.20. The number of ether oxygens (including phenoxy) is 1. The average Bonchev–Trinajstić information content (AvgIpc) is 3.19. The predicted molar refractivity (Wildman–Crippen MR) is 99.0 cm³/mol. The molecule has 0 radical (unpaired) electrons. The summed E-state index contributed by atoms with van der Waals surface area (Å²) < 4.78 is 38.9. The molecule has 0 aliphatic carbocycles. The van der Waals surface area contributed by atoms with E-state index in [0.29, 0.717) is 23.8 Å². The normalized spacial score (nSPS) is 11.4. The van der Waals surface area contributed by atoms with Crippen molar-refractivity contribution < 1.29 is 17.6 Å². The number of aromatic nitrogens is 2. The molecule has 1 aromatic carbocycles. The molecule has 0 aliphatic heterocycles. The molecule has 0 saturated carbocycles. The number of nitrogens with zero attached hydrogens (tertiary/aromatic N) is 2. The monoisotopic (exact) mass is 389 g/mol. The third kappa shape index (κ3) is 4.63. The fourth-order valence-corrected chi connectivity index (χ4v) is 3.44. The summed E-state index contributed by atoms with van der Waals surface area (Å²) in [5.74, 6) is 1.13. The van der Waals surface area contributed by atoms with Crippen LogP contribution in [-0.2, 0) is 16.6 Å². The smallest absolute Gasteiger partial charge is 0.266 e. The Balaban J connectivity index is 1.66. The van der Waals surface area contributed by atoms with E-state index in [1.54, 1.807) is 30.3 Å². The van der Waals surface area contributed by atoms with Gasteiger partial charge in [-0.3, -0.25) is 4.79 Å². The number of nitrogens with one attached hydrogen (secondary N) is 1. The van der Waals surface area contributed by atoms with Crippen molar-refractivity contribution in [2.24, 2.45) is 0 Å². The van der Waals surface area contributed by atoms with Crippen LogP contribution >= 0.6 is 0 Å². The van der Waals surface area contributed by atoms with Gasteiger partial charge in [0.1, 0.15) is 11.4 Å². The fourth-order valence-electron chi connectivity index (χ4n) is 2.42. The summed E-state index contributed by atoms with van der Waals surface area (Å²) in [6.45, 7) is 2.46. The third-order valence-electron chi connectivity index (χ3n) is 3.70. The van der Waals surface area contributed by atoms with Crippen molar-refractivity contribution in [2.45, 2.75) is 18.4 Å². The number of sulfonamides is 1. The Morgan fingerprint density at radius 3 is 2.59 bits per heavy atom. The van der Waals surface area contributed by atoms with Gasteiger partial charge in [0.05, 0.1) is 24.3 Å². The molecule has 3 rings (SSSR count). The minimum absolute atomic E-state index is 0.0179. The Bertz CT molecular complexity index is 1040. The molecule has 27 heavy (non-hydrogen) atoms. The lowest BCUT2D eigenvalue weighted by molar-refractivity contribution is 0.340. The van der Waals surface area contributed by atoms with Crippen LogP contribution < -0.4 is 15.0 Å². The van der Waals surface area contributed by atoms with Crippen LogP contribution in [0.2, 0.25) is 0 Å². The molecule has 0 bridgehead atoms. The molecule has 1 N–H and O–H groups in total. The van der Waals surface area contributed by atoms with Gasteiger partial charge >= 0.3 is 0 Å². The van der Waals surface area contributed by atoms with Crippen molar-refractivity contribution in [1.82, 2.24) is 14.5 Å². The average molecular weight is 389 g/mol. The van der Waals surface area contributed by atoms with Crippen LogP contribution in [0.3, 0.4) is 0 Å². The Kier molecular flexibility index (Phi) is 5.72. The maximum absolute atomic E-state index is 12.4. The fraction of sp³-hybridized carbons (Fsp3) is 0.222. The molecule has 142 valence electrons. The third-order valence-corrected chi connectivity index (χ3v) is 5.18. The zero-order chi connectivity index (χ0) is 19.3. The molecule has 0 fully saturated rings. The largest absolute Gasteiger partial charge is 0.494 e. The van der Waals surface area contributed by atoms with Gasteiger partial charge in [-0.2, -0.15) is 5.10 Å². The molecule has 0 aliphatic rings. The van der Waals surface area contributed by atoms with Crippen molar-refractivity contribution >= 4 is 10.0 Å². The number of furan rings is 1. The molecule has 3 aromatic rings. The second-order valence-electron chi connectivity index (χ2n) is 5.56. The van der Waals surface area contributed by atoms with Crippen molar-refractivity contribution in [3.63, 3.8) is 0 Å². The summed E-state index contributed by atoms with van der Waals surface area (Å²) in [6, 6.07) is 12.5.